The summed E-state index contributed by atoms with van der Waals surface area (Å²) < 4.78 is 32.1. The minimum Gasteiger partial charge on any atom is -0.484 e. The number of ether oxygens (including phenoxy) is 1. The number of nitrogens with one attached hydrogen (secondary N) is 1. The molecule has 0 aliphatic carbocycles. The highest BCUT2D eigenvalue weighted by Crippen LogP contribution is 2.17. The van der Waals surface area contributed by atoms with Crippen molar-refractivity contribution in [2.45, 2.75) is 25.9 Å². The summed E-state index contributed by atoms with van der Waals surface area (Å²) in [5.74, 6) is -1.18. The molecule has 1 N–H and O–H groups in total. The monoisotopic (exact) mass is 452 g/mol. The van der Waals surface area contributed by atoms with Gasteiger partial charge in [0.1, 0.15) is 23.4 Å². The van der Waals surface area contributed by atoms with E-state index in [1.54, 1.807) is 19.1 Å². The van der Waals surface area contributed by atoms with E-state index in [9.17, 15) is 18.4 Å². The van der Waals surface area contributed by atoms with E-state index in [0.29, 0.717) is 24.3 Å². The van der Waals surface area contributed by atoms with Crippen molar-refractivity contribution in [3.63, 3.8) is 0 Å². The Kier molecular flexibility index (Phi) is 8.52. The van der Waals surface area contributed by atoms with Crippen LogP contribution in [0.3, 0.4) is 0 Å². The lowest BCUT2D eigenvalue weighted by Gasteiger charge is -2.31. The molecule has 2 amide bonds. The lowest BCUT2D eigenvalue weighted by Crippen LogP contribution is -2.51. The van der Waals surface area contributed by atoms with Gasteiger partial charge in [-0.1, -0.05) is 42.5 Å². The van der Waals surface area contributed by atoms with Crippen molar-refractivity contribution in [3.8, 4) is 5.75 Å². The molecule has 0 heterocycles. The molecule has 7 heteroatoms. The first-order chi connectivity index (χ1) is 16.0. The number of hydrogen-bond donors (Lipinski definition) is 1. The van der Waals surface area contributed by atoms with Gasteiger partial charge in [-0.25, -0.2) is 8.78 Å². The number of likely N-dealkylation sites (N-methyl/N-ethyl adjacent to an activating group) is 1. The quantitative estimate of drug-likeness (QED) is 0.504. The maximum atomic E-state index is 13.4. The van der Waals surface area contributed by atoms with Crippen LogP contribution in [0.15, 0.2) is 78.9 Å². The molecule has 0 aliphatic heterocycles. The predicted molar refractivity (Wildman–Crippen MR) is 121 cm³/mol. The van der Waals surface area contributed by atoms with Gasteiger partial charge in [0.05, 0.1) is 0 Å². The summed E-state index contributed by atoms with van der Waals surface area (Å²) in [5, 5.41) is 2.80. The Morgan fingerprint density at radius 3 is 2.09 bits per heavy atom. The second-order valence-electron chi connectivity index (χ2n) is 7.49. The van der Waals surface area contributed by atoms with E-state index in [0.717, 1.165) is 5.56 Å². The van der Waals surface area contributed by atoms with Crippen LogP contribution in [0.4, 0.5) is 8.78 Å². The zero-order valence-electron chi connectivity index (χ0n) is 18.3. The Morgan fingerprint density at radius 1 is 0.879 bits per heavy atom. The SMILES string of the molecule is CCNC(=O)C(Cc1ccccc1)N(Cc1ccc(F)cc1)C(=O)COc1ccc(F)cc1. The third-order valence-corrected chi connectivity index (χ3v) is 5.06. The van der Waals surface area contributed by atoms with Gasteiger partial charge in [-0.2, -0.15) is 0 Å². The molecule has 0 fully saturated rings. The summed E-state index contributed by atoms with van der Waals surface area (Å²) in [7, 11) is 0. The van der Waals surface area contributed by atoms with Crippen molar-refractivity contribution >= 4 is 11.8 Å². The second kappa shape index (κ2) is 11.8. The second-order valence-corrected chi connectivity index (χ2v) is 7.49. The number of amides is 2. The first-order valence-corrected chi connectivity index (χ1v) is 10.7. The van der Waals surface area contributed by atoms with Crippen molar-refractivity contribution in [2.24, 2.45) is 0 Å². The molecule has 0 bridgehead atoms. The van der Waals surface area contributed by atoms with Gasteiger partial charge < -0.3 is 15.0 Å². The molecule has 3 rings (SSSR count). The molecular formula is C26H26F2N2O3. The molecule has 172 valence electrons. The van der Waals surface area contributed by atoms with E-state index in [1.165, 1.54) is 41.3 Å². The fourth-order valence-electron chi connectivity index (χ4n) is 3.39. The van der Waals surface area contributed by atoms with Crippen LogP contribution < -0.4 is 10.1 Å². The van der Waals surface area contributed by atoms with E-state index < -0.39 is 17.8 Å². The first kappa shape index (κ1) is 23.9. The van der Waals surface area contributed by atoms with Crippen LogP contribution in [0.5, 0.6) is 5.75 Å². The van der Waals surface area contributed by atoms with Crippen LogP contribution in [0.25, 0.3) is 0 Å². The van der Waals surface area contributed by atoms with Crippen molar-refractivity contribution < 1.29 is 23.1 Å². The van der Waals surface area contributed by atoms with E-state index in [1.807, 2.05) is 30.3 Å². The minimum atomic E-state index is -0.804. The lowest BCUT2D eigenvalue weighted by atomic mass is 10.0. The van der Waals surface area contributed by atoms with Crippen LogP contribution in [0.2, 0.25) is 0 Å². The number of hydrogen-bond acceptors (Lipinski definition) is 3. The molecule has 0 aromatic heterocycles. The summed E-state index contributed by atoms with van der Waals surface area (Å²) in [6.45, 7) is 1.98. The third-order valence-electron chi connectivity index (χ3n) is 5.06. The molecule has 5 nitrogen and oxygen atoms in total. The number of carbonyl (C=O) groups excluding carboxylic acids is 2. The summed E-state index contributed by atoms with van der Waals surface area (Å²) in [5.41, 5.74) is 1.57. The lowest BCUT2D eigenvalue weighted by molar-refractivity contribution is -0.142. The highest BCUT2D eigenvalue weighted by molar-refractivity contribution is 5.88. The van der Waals surface area contributed by atoms with Crippen molar-refractivity contribution in [1.82, 2.24) is 10.2 Å². The smallest absolute Gasteiger partial charge is 0.261 e. The van der Waals surface area contributed by atoms with Crippen molar-refractivity contribution in [2.75, 3.05) is 13.2 Å². The van der Waals surface area contributed by atoms with Crippen LogP contribution in [0.1, 0.15) is 18.1 Å². The maximum Gasteiger partial charge on any atom is 0.261 e. The summed E-state index contributed by atoms with van der Waals surface area (Å²) >= 11 is 0. The van der Waals surface area contributed by atoms with E-state index in [-0.39, 0.29) is 24.9 Å². The standard InChI is InChI=1S/C26H26F2N2O3/c1-2-29-26(32)24(16-19-6-4-3-5-7-19)30(17-20-8-10-21(27)11-9-20)25(31)18-33-23-14-12-22(28)13-15-23/h3-15,24H,2,16-18H2,1H3,(H,29,32). The van der Waals surface area contributed by atoms with Gasteiger partial charge in [0, 0.05) is 19.5 Å². The predicted octanol–water partition coefficient (Wildman–Crippen LogP) is 4.12. The number of benzene rings is 3. The zero-order chi connectivity index (χ0) is 23.6. The normalized spacial score (nSPS) is 11.5. The molecule has 0 spiro atoms. The fraction of sp³-hybridized carbons (Fsp3) is 0.231. The molecule has 0 aliphatic rings. The average Bonchev–Trinajstić information content (AvgIpc) is 2.82. The van der Waals surface area contributed by atoms with Gasteiger partial charge in [-0.05, 0) is 54.4 Å². The minimum absolute atomic E-state index is 0.0977. The highest BCUT2D eigenvalue weighted by Gasteiger charge is 2.30. The molecule has 0 saturated carbocycles. The van der Waals surface area contributed by atoms with Crippen LogP contribution in [-0.4, -0.2) is 35.9 Å². The summed E-state index contributed by atoms with van der Waals surface area (Å²) in [6, 6.07) is 19.7. The van der Waals surface area contributed by atoms with Gasteiger partial charge >= 0.3 is 0 Å². The topological polar surface area (TPSA) is 58.6 Å². The van der Waals surface area contributed by atoms with Crippen LogP contribution in [0, 0.1) is 11.6 Å². The molecule has 1 unspecified atom stereocenters. The molecule has 0 saturated heterocycles. The number of nitrogens with zero attached hydrogens (tertiary/aromatic N) is 1. The van der Waals surface area contributed by atoms with E-state index in [2.05, 4.69) is 5.32 Å². The molecule has 3 aromatic carbocycles. The van der Waals surface area contributed by atoms with Crippen molar-refractivity contribution in [1.29, 1.82) is 0 Å². The Morgan fingerprint density at radius 2 is 1.48 bits per heavy atom. The van der Waals surface area contributed by atoms with Crippen LogP contribution in [-0.2, 0) is 22.6 Å². The zero-order valence-corrected chi connectivity index (χ0v) is 18.3. The molecule has 0 radical (unpaired) electrons. The Balaban J connectivity index is 1.87. The molecule has 3 aromatic rings. The van der Waals surface area contributed by atoms with Crippen LogP contribution >= 0.6 is 0 Å². The largest absolute Gasteiger partial charge is 0.484 e. The Bertz CT molecular complexity index is 1040. The first-order valence-electron chi connectivity index (χ1n) is 10.7. The Hall–Kier alpha value is -3.74. The highest BCUT2D eigenvalue weighted by atomic mass is 19.1. The number of rotatable bonds is 10. The van der Waals surface area contributed by atoms with Crippen molar-refractivity contribution in [3.05, 3.63) is 102 Å². The summed E-state index contributed by atoms with van der Waals surface area (Å²) in [4.78, 5) is 27.7. The third kappa shape index (κ3) is 7.14. The summed E-state index contributed by atoms with van der Waals surface area (Å²) in [6.07, 6.45) is 0.302. The van der Waals surface area contributed by atoms with Gasteiger partial charge in [0.15, 0.2) is 6.61 Å². The van der Waals surface area contributed by atoms with E-state index >= 15 is 0 Å². The fourth-order valence-corrected chi connectivity index (χ4v) is 3.39. The Labute approximate surface area is 192 Å². The number of carbonyl (C=O) groups is 2. The van der Waals surface area contributed by atoms with Gasteiger partial charge in [-0.15, -0.1) is 0 Å². The maximum absolute atomic E-state index is 13.4. The number of halogens is 2. The molecule has 33 heavy (non-hydrogen) atoms. The average molecular weight is 453 g/mol. The van der Waals surface area contributed by atoms with Gasteiger partial charge in [-0.3, -0.25) is 9.59 Å². The molecule has 1 atom stereocenters. The van der Waals surface area contributed by atoms with Gasteiger partial charge in [0.25, 0.3) is 5.91 Å². The molecular weight excluding hydrogens is 426 g/mol. The van der Waals surface area contributed by atoms with Gasteiger partial charge in [0.2, 0.25) is 5.91 Å². The van der Waals surface area contributed by atoms with E-state index in [4.69, 9.17) is 4.74 Å².